The average Bonchev–Trinajstić information content (AvgIpc) is 3.43. The van der Waals surface area contributed by atoms with E-state index < -0.39 is 23.4 Å². The lowest BCUT2D eigenvalue weighted by Gasteiger charge is -2.31. The van der Waals surface area contributed by atoms with Gasteiger partial charge in [-0.25, -0.2) is 4.98 Å². The summed E-state index contributed by atoms with van der Waals surface area (Å²) in [6.45, 7) is 5.53. The van der Waals surface area contributed by atoms with Crippen LogP contribution in [-0.2, 0) is 27.9 Å². The zero-order valence-electron chi connectivity index (χ0n) is 25.7. The van der Waals surface area contributed by atoms with Gasteiger partial charge in [-0.15, -0.1) is 11.3 Å². The maximum atomic E-state index is 13.0. The number of piperidine rings is 2. The highest BCUT2D eigenvalue weighted by atomic mass is 32.1. The van der Waals surface area contributed by atoms with Crippen LogP contribution < -0.4 is 10.6 Å². The summed E-state index contributed by atoms with van der Waals surface area (Å²) < 4.78 is 39.6. The largest absolute Gasteiger partial charge is 0.433 e. The molecule has 3 N–H and O–H groups in total. The number of imide groups is 1. The first-order valence-corrected chi connectivity index (χ1v) is 16.1. The topological polar surface area (TPSA) is 137 Å². The van der Waals surface area contributed by atoms with E-state index in [4.69, 9.17) is 4.98 Å². The second-order valence-corrected chi connectivity index (χ2v) is 13.6. The normalized spacial score (nSPS) is 18.4. The van der Waals surface area contributed by atoms with Crippen LogP contribution in [0.1, 0.15) is 89.1 Å². The molecule has 2 aliphatic heterocycles. The number of rotatable bonds is 7. The Kier molecular flexibility index (Phi) is 8.85. The van der Waals surface area contributed by atoms with Crippen molar-refractivity contribution < 1.29 is 32.7 Å². The van der Waals surface area contributed by atoms with Crippen molar-refractivity contribution in [2.45, 2.75) is 69.7 Å². The summed E-state index contributed by atoms with van der Waals surface area (Å²) in [5.74, 6) is -1.33. The molecule has 0 saturated carbocycles. The zero-order chi connectivity index (χ0) is 33.5. The molecule has 3 amide bonds. The summed E-state index contributed by atoms with van der Waals surface area (Å²) in [5.41, 5.74) is 0.803. The second kappa shape index (κ2) is 12.7. The van der Waals surface area contributed by atoms with Crippen molar-refractivity contribution >= 4 is 45.0 Å². The number of hydrogen-bond acceptors (Lipinski definition) is 9. The fourth-order valence-corrected chi connectivity index (χ4v) is 7.22. The maximum Gasteiger partial charge on any atom is 0.433 e. The van der Waals surface area contributed by atoms with Crippen molar-refractivity contribution in [1.82, 2.24) is 25.2 Å². The number of hydrogen-bond donors (Lipinski definition) is 3. The predicted octanol–water partition coefficient (Wildman–Crippen LogP) is 5.48. The number of nitrogens with zero attached hydrogens (tertiary/aromatic N) is 4. The Bertz CT molecular complexity index is 1830. The Morgan fingerprint density at radius 2 is 1.85 bits per heavy atom. The quantitative estimate of drug-likeness (QED) is 0.221. The average molecular weight is 667 g/mol. The molecule has 1 aromatic carbocycles. The number of carbonyl (C=O) groups excluding carboxylic acids is 3. The molecular weight excluding hydrogens is 633 g/mol. The van der Waals surface area contributed by atoms with Crippen LogP contribution in [0.3, 0.4) is 0 Å². The fraction of sp³-hybridized carbons (Fsp3) is 0.394. The first-order chi connectivity index (χ1) is 22.2. The molecule has 4 aromatic rings. The minimum atomic E-state index is -4.61. The molecule has 47 heavy (non-hydrogen) atoms. The number of carbonyl (C=O) groups is 3. The third kappa shape index (κ3) is 7.34. The van der Waals surface area contributed by atoms with Crippen LogP contribution in [-0.4, -0.2) is 55.8 Å². The molecule has 0 spiro atoms. The van der Waals surface area contributed by atoms with Crippen LogP contribution in [0, 0.1) is 0 Å². The van der Waals surface area contributed by atoms with Gasteiger partial charge in [0.25, 0.3) is 5.91 Å². The molecule has 246 valence electrons. The maximum absolute atomic E-state index is 13.0. The van der Waals surface area contributed by atoms with Crippen molar-refractivity contribution in [2.75, 3.05) is 18.4 Å². The third-order valence-electron chi connectivity index (χ3n) is 8.57. The minimum absolute atomic E-state index is 0.0463. The summed E-state index contributed by atoms with van der Waals surface area (Å²) in [4.78, 5) is 51.8. The first kappa shape index (κ1) is 32.7. The first-order valence-electron chi connectivity index (χ1n) is 15.3. The summed E-state index contributed by atoms with van der Waals surface area (Å²) in [6, 6.07) is 7.31. The highest BCUT2D eigenvalue weighted by Crippen LogP contribution is 2.39. The highest BCUT2D eigenvalue weighted by molar-refractivity contribution is 7.18. The van der Waals surface area contributed by atoms with E-state index >= 15 is 0 Å². The van der Waals surface area contributed by atoms with Gasteiger partial charge in [-0.1, -0.05) is 6.07 Å². The molecule has 5 heterocycles. The van der Waals surface area contributed by atoms with Gasteiger partial charge >= 0.3 is 6.18 Å². The lowest BCUT2D eigenvalue weighted by atomic mass is 9.91. The number of aliphatic hydroxyl groups is 1. The van der Waals surface area contributed by atoms with Crippen molar-refractivity contribution in [3.63, 3.8) is 0 Å². The van der Waals surface area contributed by atoms with E-state index in [1.807, 2.05) is 6.07 Å². The molecule has 14 heteroatoms. The molecule has 2 saturated heterocycles. The molecule has 0 radical (unpaired) electrons. The van der Waals surface area contributed by atoms with Gasteiger partial charge in [-0.2, -0.15) is 13.2 Å². The number of aromatic nitrogens is 3. The number of fused-ring (bicyclic) bond motifs is 1. The number of halogens is 3. The van der Waals surface area contributed by atoms with E-state index in [0.717, 1.165) is 65.1 Å². The molecule has 3 aromatic heterocycles. The van der Waals surface area contributed by atoms with Gasteiger partial charge in [-0.05, 0) is 81.6 Å². The van der Waals surface area contributed by atoms with Crippen molar-refractivity contribution in [2.24, 2.45) is 0 Å². The van der Waals surface area contributed by atoms with Crippen LogP contribution in [0.15, 0.2) is 48.9 Å². The Morgan fingerprint density at radius 1 is 1.09 bits per heavy atom. The highest BCUT2D eigenvalue weighted by Gasteiger charge is 2.33. The SMILES string of the molecule is CC(C)(O)c1cc2nc(C3CCN(Cc4cncc(C5CCC(=O)NC5=O)c4)CC3)sc2cc1NC(=O)c1ccc(C(F)(F)F)nc1. The van der Waals surface area contributed by atoms with E-state index in [2.05, 4.69) is 25.5 Å². The zero-order valence-corrected chi connectivity index (χ0v) is 26.5. The van der Waals surface area contributed by atoms with Gasteiger partial charge in [0.2, 0.25) is 11.8 Å². The number of likely N-dealkylation sites (tertiary alicyclic amines) is 1. The van der Waals surface area contributed by atoms with Crippen molar-refractivity contribution in [1.29, 1.82) is 0 Å². The Morgan fingerprint density at radius 3 is 2.51 bits per heavy atom. The van der Waals surface area contributed by atoms with Crippen LogP contribution in [0.4, 0.5) is 18.9 Å². The lowest BCUT2D eigenvalue weighted by Crippen LogP contribution is -2.39. The summed E-state index contributed by atoms with van der Waals surface area (Å²) in [7, 11) is 0. The number of nitrogens with one attached hydrogen (secondary N) is 2. The number of pyridine rings is 2. The van der Waals surface area contributed by atoms with Gasteiger partial charge < -0.3 is 10.4 Å². The Labute approximate surface area is 272 Å². The van der Waals surface area contributed by atoms with Crippen LogP contribution in [0.5, 0.6) is 0 Å². The Balaban J connectivity index is 1.13. The van der Waals surface area contributed by atoms with Gasteiger partial charge in [0, 0.05) is 48.7 Å². The number of amides is 3. The predicted molar refractivity (Wildman–Crippen MR) is 169 cm³/mol. The molecule has 1 unspecified atom stereocenters. The van der Waals surface area contributed by atoms with E-state index in [0.29, 0.717) is 36.2 Å². The van der Waals surface area contributed by atoms with Crippen LogP contribution in [0.25, 0.3) is 10.2 Å². The number of alkyl halides is 3. The van der Waals surface area contributed by atoms with E-state index in [1.165, 1.54) is 11.3 Å². The van der Waals surface area contributed by atoms with E-state index in [-0.39, 0.29) is 29.2 Å². The molecule has 0 aliphatic carbocycles. The molecule has 1 atom stereocenters. The van der Waals surface area contributed by atoms with Gasteiger partial charge in [0.05, 0.1) is 32.3 Å². The number of anilines is 1. The molecule has 2 aliphatic rings. The van der Waals surface area contributed by atoms with Crippen LogP contribution in [0.2, 0.25) is 0 Å². The van der Waals surface area contributed by atoms with E-state index in [9.17, 15) is 32.7 Å². The monoisotopic (exact) mass is 666 g/mol. The lowest BCUT2D eigenvalue weighted by molar-refractivity contribution is -0.141. The van der Waals surface area contributed by atoms with E-state index in [1.54, 1.807) is 38.4 Å². The smallest absolute Gasteiger partial charge is 0.386 e. The second-order valence-electron chi connectivity index (χ2n) is 12.5. The fourth-order valence-electron chi connectivity index (χ4n) is 6.06. The van der Waals surface area contributed by atoms with Gasteiger partial charge in [0.1, 0.15) is 5.69 Å². The molecule has 2 fully saturated rings. The Hall–Kier alpha value is -4.27. The number of thiazole rings is 1. The standard InChI is InChI=1S/C33H33F3N6O4S/c1-32(2,46)23-12-25-26(13-24(23)39-29(44)20-3-5-27(38-16-20)33(34,35)36)47-31(40-25)19-7-9-42(10-8-19)17-18-11-21(15-37-14-18)22-4-6-28(43)41-30(22)45/h3,5,11-16,19,22,46H,4,6-10,17H2,1-2H3,(H,39,44)(H,41,43,45). The molecule has 6 rings (SSSR count). The third-order valence-corrected chi connectivity index (χ3v) is 9.75. The minimum Gasteiger partial charge on any atom is -0.386 e. The number of benzene rings is 1. The summed E-state index contributed by atoms with van der Waals surface area (Å²) >= 11 is 1.52. The van der Waals surface area contributed by atoms with Crippen molar-refractivity contribution in [3.05, 3.63) is 81.9 Å². The van der Waals surface area contributed by atoms with Crippen molar-refractivity contribution in [3.8, 4) is 0 Å². The molecule has 10 nitrogen and oxygen atoms in total. The summed E-state index contributed by atoms with van der Waals surface area (Å²) in [6.07, 6.45) is 2.31. The van der Waals surface area contributed by atoms with Gasteiger partial charge in [-0.3, -0.25) is 34.6 Å². The molecular formula is C33H33F3N6O4S. The molecule has 0 bridgehead atoms. The summed E-state index contributed by atoms with van der Waals surface area (Å²) in [5, 5.41) is 17.0. The van der Waals surface area contributed by atoms with Crippen LogP contribution >= 0.6 is 11.3 Å². The van der Waals surface area contributed by atoms with Gasteiger partial charge in [0.15, 0.2) is 0 Å².